The summed E-state index contributed by atoms with van der Waals surface area (Å²) < 4.78 is 40.6. The molecule has 0 unspecified atom stereocenters. The van der Waals surface area contributed by atoms with Crippen LogP contribution in [0.25, 0.3) is 11.1 Å². The second-order valence-corrected chi connectivity index (χ2v) is 7.44. The van der Waals surface area contributed by atoms with Crippen molar-refractivity contribution in [3.05, 3.63) is 88.5 Å². The van der Waals surface area contributed by atoms with E-state index in [1.165, 1.54) is 52.1 Å². The van der Waals surface area contributed by atoms with Gasteiger partial charge >= 0.3 is 6.36 Å². The van der Waals surface area contributed by atoms with Crippen molar-refractivity contribution in [1.29, 1.82) is 0 Å². The van der Waals surface area contributed by atoms with Crippen molar-refractivity contribution in [2.75, 3.05) is 0 Å². The topological polar surface area (TPSA) is 9.23 Å². The molecule has 4 heteroatoms. The van der Waals surface area contributed by atoms with Gasteiger partial charge in [-0.3, -0.25) is 0 Å². The maximum absolute atomic E-state index is 12.2. The van der Waals surface area contributed by atoms with E-state index in [-0.39, 0.29) is 5.75 Å². The second kappa shape index (κ2) is 8.28. The van der Waals surface area contributed by atoms with Gasteiger partial charge in [-0.15, -0.1) is 13.2 Å². The molecule has 0 saturated heterocycles. The van der Waals surface area contributed by atoms with Crippen LogP contribution in [0, 0.1) is 11.8 Å². The third kappa shape index (κ3) is 4.68. The number of fused-ring (bicyclic) bond motifs is 3. The van der Waals surface area contributed by atoms with Crippen molar-refractivity contribution >= 4 is 0 Å². The van der Waals surface area contributed by atoms with Crippen molar-refractivity contribution in [1.82, 2.24) is 0 Å². The SMILES string of the molecule is CCCc1ccc2c(c1)CCc1cc(C#Cc3ccc(OC(F)(F)F)cc3)ccc1-2. The highest BCUT2D eigenvalue weighted by Crippen LogP contribution is 2.34. The lowest BCUT2D eigenvalue weighted by molar-refractivity contribution is -0.274. The first-order valence-electron chi connectivity index (χ1n) is 10.0. The Morgan fingerprint density at radius 1 is 0.800 bits per heavy atom. The number of alkyl halides is 3. The number of aryl methyl sites for hydroxylation is 3. The van der Waals surface area contributed by atoms with E-state index in [9.17, 15) is 13.2 Å². The standard InChI is InChI=1S/C26H21F3O/c1-2-3-19-8-14-24-21(16-19)10-11-22-17-20(9-15-25(22)24)5-4-18-6-12-23(13-7-18)30-26(27,28)29/h6-9,12-17H,2-3,10-11H2,1H3. The number of ether oxygens (including phenoxy) is 1. The van der Waals surface area contributed by atoms with Crippen LogP contribution in [0.3, 0.4) is 0 Å². The highest BCUT2D eigenvalue weighted by molar-refractivity contribution is 5.74. The first kappa shape index (κ1) is 20.1. The Kier molecular flexibility index (Phi) is 5.55. The lowest BCUT2D eigenvalue weighted by Gasteiger charge is -2.21. The molecule has 0 amide bonds. The quantitative estimate of drug-likeness (QED) is 0.440. The van der Waals surface area contributed by atoms with Crippen LogP contribution in [0.4, 0.5) is 13.2 Å². The van der Waals surface area contributed by atoms with Gasteiger partial charge in [0.2, 0.25) is 0 Å². The van der Waals surface area contributed by atoms with E-state index >= 15 is 0 Å². The molecule has 1 aliphatic carbocycles. The van der Waals surface area contributed by atoms with E-state index in [0.717, 1.165) is 31.2 Å². The predicted octanol–water partition coefficient (Wildman–Crippen LogP) is 6.70. The minimum Gasteiger partial charge on any atom is -0.406 e. The molecule has 0 N–H and O–H groups in total. The van der Waals surface area contributed by atoms with Crippen LogP contribution in [0.5, 0.6) is 5.75 Å². The number of rotatable bonds is 3. The summed E-state index contributed by atoms with van der Waals surface area (Å²) in [7, 11) is 0. The normalized spacial score (nSPS) is 12.4. The Morgan fingerprint density at radius 3 is 2.07 bits per heavy atom. The third-order valence-corrected chi connectivity index (χ3v) is 5.21. The Labute approximate surface area is 174 Å². The minimum absolute atomic E-state index is 0.248. The highest BCUT2D eigenvalue weighted by Gasteiger charge is 2.30. The number of hydrogen-bond acceptors (Lipinski definition) is 1. The Bertz CT molecular complexity index is 1120. The summed E-state index contributed by atoms with van der Waals surface area (Å²) in [5, 5.41) is 0. The van der Waals surface area contributed by atoms with Crippen molar-refractivity contribution in [2.24, 2.45) is 0 Å². The molecular weight excluding hydrogens is 385 g/mol. The predicted molar refractivity (Wildman–Crippen MR) is 112 cm³/mol. The van der Waals surface area contributed by atoms with E-state index < -0.39 is 6.36 Å². The molecule has 1 aliphatic rings. The molecule has 3 aromatic rings. The molecule has 0 fully saturated rings. The van der Waals surface area contributed by atoms with Crippen molar-refractivity contribution < 1.29 is 17.9 Å². The summed E-state index contributed by atoms with van der Waals surface area (Å²) in [6, 6.07) is 18.6. The molecule has 0 bridgehead atoms. The summed E-state index contributed by atoms with van der Waals surface area (Å²) >= 11 is 0. The van der Waals surface area contributed by atoms with Crippen LogP contribution in [-0.2, 0) is 19.3 Å². The number of hydrogen-bond donors (Lipinski definition) is 0. The van der Waals surface area contributed by atoms with E-state index in [0.29, 0.717) is 5.56 Å². The van der Waals surface area contributed by atoms with Gasteiger partial charge in [-0.2, -0.15) is 0 Å². The van der Waals surface area contributed by atoms with E-state index in [4.69, 9.17) is 0 Å². The fourth-order valence-corrected chi connectivity index (χ4v) is 3.86. The van der Waals surface area contributed by atoms with Crippen molar-refractivity contribution in [3.63, 3.8) is 0 Å². The largest absolute Gasteiger partial charge is 0.573 e. The van der Waals surface area contributed by atoms with Crippen molar-refractivity contribution in [3.8, 4) is 28.7 Å². The van der Waals surface area contributed by atoms with Gasteiger partial charge in [0, 0.05) is 11.1 Å². The average molecular weight is 406 g/mol. The zero-order valence-corrected chi connectivity index (χ0v) is 16.6. The maximum atomic E-state index is 12.2. The minimum atomic E-state index is -4.69. The van der Waals surface area contributed by atoms with Gasteiger partial charge in [0.1, 0.15) is 5.75 Å². The Hall–Kier alpha value is -3.19. The zero-order chi connectivity index (χ0) is 21.1. The molecule has 0 aliphatic heterocycles. The van der Waals surface area contributed by atoms with Gasteiger partial charge < -0.3 is 4.74 Å². The van der Waals surface area contributed by atoms with Gasteiger partial charge in [-0.1, -0.05) is 49.5 Å². The van der Waals surface area contributed by atoms with Crippen LogP contribution in [0.15, 0.2) is 60.7 Å². The molecule has 0 heterocycles. The van der Waals surface area contributed by atoms with Gasteiger partial charge in [0.25, 0.3) is 0 Å². The van der Waals surface area contributed by atoms with E-state index in [1.807, 2.05) is 6.07 Å². The van der Waals surface area contributed by atoms with E-state index in [2.05, 4.69) is 53.8 Å². The Morgan fingerprint density at radius 2 is 1.40 bits per heavy atom. The molecule has 0 saturated carbocycles. The van der Waals surface area contributed by atoms with Crippen molar-refractivity contribution in [2.45, 2.75) is 39.0 Å². The third-order valence-electron chi connectivity index (χ3n) is 5.21. The van der Waals surface area contributed by atoms with Gasteiger partial charge in [-0.25, -0.2) is 0 Å². The average Bonchev–Trinajstić information content (AvgIpc) is 2.72. The summed E-state index contributed by atoms with van der Waals surface area (Å²) in [4.78, 5) is 0. The monoisotopic (exact) mass is 406 g/mol. The van der Waals surface area contributed by atoms with Crippen LogP contribution < -0.4 is 4.74 Å². The molecule has 3 aromatic carbocycles. The molecule has 1 nitrogen and oxygen atoms in total. The first-order chi connectivity index (χ1) is 14.4. The zero-order valence-electron chi connectivity index (χ0n) is 16.6. The summed E-state index contributed by atoms with van der Waals surface area (Å²) in [6.45, 7) is 2.20. The van der Waals surface area contributed by atoms with Crippen LogP contribution >= 0.6 is 0 Å². The Balaban J connectivity index is 1.54. The molecule has 0 aromatic heterocycles. The lowest BCUT2D eigenvalue weighted by atomic mass is 9.84. The summed E-state index contributed by atoms with van der Waals surface area (Å²) in [5.74, 6) is 5.88. The summed E-state index contributed by atoms with van der Waals surface area (Å²) in [6.07, 6.45) is -0.422. The van der Waals surface area contributed by atoms with Gasteiger partial charge in [0.05, 0.1) is 0 Å². The van der Waals surface area contributed by atoms with Crippen LogP contribution in [0.2, 0.25) is 0 Å². The van der Waals surface area contributed by atoms with Gasteiger partial charge in [0.15, 0.2) is 0 Å². The molecule has 152 valence electrons. The highest BCUT2D eigenvalue weighted by atomic mass is 19.4. The van der Waals surface area contributed by atoms with Crippen LogP contribution in [-0.4, -0.2) is 6.36 Å². The lowest BCUT2D eigenvalue weighted by Crippen LogP contribution is -2.16. The van der Waals surface area contributed by atoms with Gasteiger partial charge in [-0.05, 0) is 83.5 Å². The molecule has 4 rings (SSSR count). The first-order valence-corrected chi connectivity index (χ1v) is 10.0. The molecule has 0 radical (unpaired) electrons. The van der Waals surface area contributed by atoms with Crippen LogP contribution in [0.1, 0.15) is 41.2 Å². The van der Waals surface area contributed by atoms with E-state index in [1.54, 1.807) is 0 Å². The number of benzene rings is 3. The molecule has 0 atom stereocenters. The number of halogens is 3. The summed E-state index contributed by atoms with van der Waals surface area (Å²) in [5.41, 5.74) is 8.19. The smallest absolute Gasteiger partial charge is 0.406 e. The maximum Gasteiger partial charge on any atom is 0.573 e. The fourth-order valence-electron chi connectivity index (χ4n) is 3.86. The molecular formula is C26H21F3O. The fraction of sp³-hybridized carbons (Fsp3) is 0.231. The second-order valence-electron chi connectivity index (χ2n) is 7.44. The molecule has 0 spiro atoms. The molecule has 30 heavy (non-hydrogen) atoms.